The SMILES string of the molecule is CCOC(=O)C(N)(CCCCCCCCCC[Si](C)(C)c1cccc(OC)c1)C(=O)OCC. The van der Waals surface area contributed by atoms with E-state index in [-0.39, 0.29) is 19.6 Å². The smallest absolute Gasteiger partial charge is 0.337 e. The van der Waals surface area contributed by atoms with Gasteiger partial charge in [-0.3, -0.25) is 0 Å². The molecule has 0 aromatic heterocycles. The lowest BCUT2D eigenvalue weighted by Crippen LogP contribution is -2.56. The van der Waals surface area contributed by atoms with Gasteiger partial charge in [-0.05, 0) is 32.4 Å². The van der Waals surface area contributed by atoms with Crippen molar-refractivity contribution in [1.82, 2.24) is 0 Å². The minimum absolute atomic E-state index is 0.191. The Bertz CT molecular complexity index is 704. The van der Waals surface area contributed by atoms with Gasteiger partial charge in [0.2, 0.25) is 5.54 Å². The van der Waals surface area contributed by atoms with Crippen LogP contribution in [-0.4, -0.2) is 45.9 Å². The highest BCUT2D eigenvalue weighted by Crippen LogP contribution is 2.20. The van der Waals surface area contributed by atoms with Gasteiger partial charge < -0.3 is 19.9 Å². The van der Waals surface area contributed by atoms with E-state index in [1.165, 1.54) is 36.9 Å². The minimum atomic E-state index is -1.69. The summed E-state index contributed by atoms with van der Waals surface area (Å²) in [5.74, 6) is -0.433. The Morgan fingerprint density at radius 2 is 1.39 bits per heavy atom. The molecule has 0 heterocycles. The normalized spacial score (nSPS) is 11.8. The molecule has 0 amide bonds. The van der Waals surface area contributed by atoms with Gasteiger partial charge in [0.15, 0.2) is 0 Å². The second-order valence-electron chi connectivity index (χ2n) is 9.36. The predicted molar refractivity (Wildman–Crippen MR) is 137 cm³/mol. The van der Waals surface area contributed by atoms with Crippen molar-refractivity contribution in [1.29, 1.82) is 0 Å². The Balaban J connectivity index is 2.24. The van der Waals surface area contributed by atoms with Crippen LogP contribution in [0, 0.1) is 0 Å². The first-order valence-corrected chi connectivity index (χ1v) is 15.7. The van der Waals surface area contributed by atoms with Crippen molar-refractivity contribution in [2.45, 2.75) is 96.3 Å². The van der Waals surface area contributed by atoms with E-state index in [1.54, 1.807) is 21.0 Å². The molecule has 0 aliphatic carbocycles. The van der Waals surface area contributed by atoms with Gasteiger partial charge in [0.05, 0.1) is 28.4 Å². The number of nitrogens with two attached hydrogens (primary N) is 1. The Morgan fingerprint density at radius 1 is 0.879 bits per heavy atom. The third-order valence-corrected chi connectivity index (χ3v) is 9.73. The van der Waals surface area contributed by atoms with Gasteiger partial charge in [-0.25, -0.2) is 9.59 Å². The quantitative estimate of drug-likeness (QED) is 0.147. The van der Waals surface area contributed by atoms with Gasteiger partial charge in [-0.1, -0.05) is 87.8 Å². The van der Waals surface area contributed by atoms with Crippen molar-refractivity contribution in [3.8, 4) is 5.75 Å². The monoisotopic (exact) mass is 479 g/mol. The van der Waals surface area contributed by atoms with Crippen molar-refractivity contribution in [2.24, 2.45) is 5.73 Å². The number of carbonyl (C=O) groups is 2. The van der Waals surface area contributed by atoms with Crippen LogP contribution in [-0.2, 0) is 19.1 Å². The highest BCUT2D eigenvalue weighted by molar-refractivity contribution is 6.89. The van der Waals surface area contributed by atoms with Crippen molar-refractivity contribution in [3.05, 3.63) is 24.3 Å². The topological polar surface area (TPSA) is 87.9 Å². The largest absolute Gasteiger partial charge is 0.497 e. The van der Waals surface area contributed by atoms with Gasteiger partial charge in [0.1, 0.15) is 5.75 Å². The van der Waals surface area contributed by atoms with E-state index in [9.17, 15) is 9.59 Å². The van der Waals surface area contributed by atoms with Crippen LogP contribution >= 0.6 is 0 Å². The van der Waals surface area contributed by atoms with E-state index in [4.69, 9.17) is 19.9 Å². The molecule has 33 heavy (non-hydrogen) atoms. The maximum absolute atomic E-state index is 12.2. The number of rotatable bonds is 17. The van der Waals surface area contributed by atoms with Gasteiger partial charge in [-0.2, -0.15) is 0 Å². The molecule has 2 N–H and O–H groups in total. The summed E-state index contributed by atoms with van der Waals surface area (Å²) in [4.78, 5) is 24.4. The summed E-state index contributed by atoms with van der Waals surface area (Å²) in [7, 11) is 0.294. The molecule has 188 valence electrons. The van der Waals surface area contributed by atoms with Gasteiger partial charge >= 0.3 is 11.9 Å². The summed E-state index contributed by atoms with van der Waals surface area (Å²) in [6, 6.07) is 9.84. The molecule has 0 atom stereocenters. The van der Waals surface area contributed by atoms with Gasteiger partial charge in [0.25, 0.3) is 0 Å². The molecule has 0 radical (unpaired) electrons. The number of carbonyl (C=O) groups excluding carboxylic acids is 2. The third kappa shape index (κ3) is 9.88. The van der Waals surface area contributed by atoms with Crippen molar-refractivity contribution in [3.63, 3.8) is 0 Å². The second-order valence-corrected chi connectivity index (χ2v) is 14.2. The van der Waals surface area contributed by atoms with Gasteiger partial charge in [0, 0.05) is 0 Å². The molecular formula is C26H45NO5Si. The summed E-state index contributed by atoms with van der Waals surface area (Å²) in [6.45, 7) is 8.65. The fraction of sp³-hybridized carbons (Fsp3) is 0.692. The number of esters is 2. The van der Waals surface area contributed by atoms with E-state index in [0.717, 1.165) is 25.0 Å². The Hall–Kier alpha value is -1.86. The molecule has 0 saturated carbocycles. The lowest BCUT2D eigenvalue weighted by Gasteiger charge is -2.24. The van der Waals surface area contributed by atoms with E-state index in [2.05, 4.69) is 31.3 Å². The van der Waals surface area contributed by atoms with Crippen molar-refractivity contribution >= 4 is 25.2 Å². The Morgan fingerprint density at radius 3 is 1.91 bits per heavy atom. The number of unbranched alkanes of at least 4 members (excludes halogenated alkanes) is 7. The minimum Gasteiger partial charge on any atom is -0.497 e. The molecule has 0 spiro atoms. The summed E-state index contributed by atoms with van der Waals surface area (Å²) in [5, 5.41) is 1.46. The molecule has 6 nitrogen and oxygen atoms in total. The molecule has 0 fully saturated rings. The molecule has 1 aromatic carbocycles. The van der Waals surface area contributed by atoms with Crippen molar-refractivity contribution in [2.75, 3.05) is 20.3 Å². The molecule has 1 aromatic rings. The molecule has 7 heteroatoms. The molecule has 0 unspecified atom stereocenters. The van der Waals surface area contributed by atoms with E-state index < -0.39 is 25.6 Å². The maximum atomic E-state index is 12.2. The Kier molecular flexibility index (Phi) is 13.4. The average Bonchev–Trinajstić information content (AvgIpc) is 2.80. The molecule has 0 aliphatic heterocycles. The lowest BCUT2D eigenvalue weighted by atomic mass is 9.93. The summed E-state index contributed by atoms with van der Waals surface area (Å²) < 4.78 is 15.4. The fourth-order valence-electron chi connectivity index (χ4n) is 4.03. The zero-order valence-corrected chi connectivity index (χ0v) is 22.4. The number of methoxy groups -OCH3 is 1. The van der Waals surface area contributed by atoms with Crippen molar-refractivity contribution < 1.29 is 23.8 Å². The highest BCUT2D eigenvalue weighted by Gasteiger charge is 2.44. The summed E-state index contributed by atoms with van der Waals surface area (Å²) in [5.41, 5.74) is 4.40. The van der Waals surface area contributed by atoms with Crippen LogP contribution in [0.5, 0.6) is 5.75 Å². The lowest BCUT2D eigenvalue weighted by molar-refractivity contribution is -0.164. The number of benzene rings is 1. The number of hydrogen-bond donors (Lipinski definition) is 1. The zero-order chi connectivity index (χ0) is 24.7. The summed E-state index contributed by atoms with van der Waals surface area (Å²) >= 11 is 0. The predicted octanol–water partition coefficient (Wildman–Crippen LogP) is 4.95. The molecule has 0 saturated heterocycles. The van der Waals surface area contributed by atoms with Crippen LogP contribution in [0.3, 0.4) is 0 Å². The average molecular weight is 480 g/mol. The molecular weight excluding hydrogens is 434 g/mol. The van der Waals surface area contributed by atoms with E-state index >= 15 is 0 Å². The van der Waals surface area contributed by atoms with Crippen LogP contribution in [0.2, 0.25) is 19.1 Å². The molecule has 0 bridgehead atoms. The first-order valence-electron chi connectivity index (χ1n) is 12.5. The fourth-order valence-corrected chi connectivity index (χ4v) is 6.53. The second kappa shape index (κ2) is 15.1. The third-order valence-electron chi connectivity index (χ3n) is 6.25. The van der Waals surface area contributed by atoms with Crippen LogP contribution in [0.4, 0.5) is 0 Å². The summed E-state index contributed by atoms with van der Waals surface area (Å²) in [6.07, 6.45) is 9.12. The van der Waals surface area contributed by atoms with Crippen LogP contribution in [0.1, 0.15) is 71.6 Å². The van der Waals surface area contributed by atoms with E-state index in [0.29, 0.717) is 6.42 Å². The Labute approximate surface area is 201 Å². The van der Waals surface area contributed by atoms with E-state index in [1.807, 2.05) is 6.07 Å². The molecule has 0 aliphatic rings. The zero-order valence-electron chi connectivity index (χ0n) is 21.4. The van der Waals surface area contributed by atoms with Crippen LogP contribution in [0.25, 0.3) is 0 Å². The maximum Gasteiger partial charge on any atom is 0.337 e. The first-order chi connectivity index (χ1) is 15.7. The first kappa shape index (κ1) is 29.2. The highest BCUT2D eigenvalue weighted by atomic mass is 28.3. The number of ether oxygens (including phenoxy) is 3. The number of hydrogen-bond acceptors (Lipinski definition) is 6. The van der Waals surface area contributed by atoms with Crippen LogP contribution in [0.15, 0.2) is 24.3 Å². The van der Waals surface area contributed by atoms with Gasteiger partial charge in [-0.15, -0.1) is 0 Å². The van der Waals surface area contributed by atoms with Crippen LogP contribution < -0.4 is 15.7 Å². The standard InChI is InChI=1S/C26H45NO5Si/c1-6-31-24(28)26(27,25(29)32-7-2)19-14-12-10-8-9-11-13-15-20-33(4,5)23-18-16-17-22(21-23)30-3/h16-18,21H,6-15,19-20,27H2,1-5H3. The molecule has 1 rings (SSSR count).